The van der Waals surface area contributed by atoms with Crippen molar-refractivity contribution in [2.45, 2.75) is 33.1 Å². The van der Waals surface area contributed by atoms with Gasteiger partial charge in [-0.05, 0) is 41.5 Å². The van der Waals surface area contributed by atoms with Gasteiger partial charge in [-0.2, -0.15) is 0 Å². The fourth-order valence-electron chi connectivity index (χ4n) is 2.86. The number of anilines is 1. The van der Waals surface area contributed by atoms with Gasteiger partial charge in [0.25, 0.3) is 11.8 Å². The number of thiophene rings is 1. The predicted octanol–water partition coefficient (Wildman–Crippen LogP) is 4.47. The highest BCUT2D eigenvalue weighted by molar-refractivity contribution is 7.11. The van der Waals surface area contributed by atoms with Gasteiger partial charge in [-0.3, -0.25) is 14.5 Å². The lowest BCUT2D eigenvalue weighted by Crippen LogP contribution is -2.33. The van der Waals surface area contributed by atoms with Gasteiger partial charge in [-0.1, -0.05) is 39.0 Å². The number of amides is 2. The molecule has 1 aliphatic heterocycles. The molecular weight excluding hydrogens is 332 g/mol. The van der Waals surface area contributed by atoms with E-state index in [1.165, 1.54) is 21.8 Å². The topological polar surface area (TPSA) is 49.4 Å². The molecule has 5 heteroatoms. The molecule has 1 aliphatic rings. The molecule has 1 N–H and O–H groups in total. The van der Waals surface area contributed by atoms with Gasteiger partial charge < -0.3 is 5.32 Å². The smallest absolute Gasteiger partial charge is 0.278 e. The fourth-order valence-corrected chi connectivity index (χ4v) is 3.63. The molecule has 4 nitrogen and oxygen atoms in total. The number of carbonyl (C=O) groups excluding carboxylic acids is 2. The van der Waals surface area contributed by atoms with Gasteiger partial charge >= 0.3 is 0 Å². The molecule has 1 aromatic heterocycles. The minimum atomic E-state index is -0.247. The Kier molecular flexibility index (Phi) is 5.04. The first kappa shape index (κ1) is 17.4. The van der Waals surface area contributed by atoms with Crippen LogP contribution in [0.25, 0.3) is 5.57 Å². The average Bonchev–Trinajstić information content (AvgIpc) is 3.19. The molecule has 0 unspecified atom stereocenters. The monoisotopic (exact) mass is 354 g/mol. The Morgan fingerprint density at radius 1 is 1.08 bits per heavy atom. The van der Waals surface area contributed by atoms with Crippen molar-refractivity contribution < 1.29 is 9.59 Å². The van der Waals surface area contributed by atoms with Crippen LogP contribution >= 0.6 is 11.3 Å². The summed E-state index contributed by atoms with van der Waals surface area (Å²) in [5.41, 5.74) is 2.90. The van der Waals surface area contributed by atoms with Gasteiger partial charge in [-0.25, -0.2) is 0 Å². The summed E-state index contributed by atoms with van der Waals surface area (Å²) in [7, 11) is 0. The number of rotatable bonds is 6. The molecule has 0 spiro atoms. The molecule has 0 aliphatic carbocycles. The van der Waals surface area contributed by atoms with Crippen LogP contribution in [0.4, 0.5) is 5.69 Å². The quantitative estimate of drug-likeness (QED) is 0.779. The Bertz CT molecular complexity index is 805. The maximum Gasteiger partial charge on any atom is 0.278 e. The van der Waals surface area contributed by atoms with Gasteiger partial charge in [0.1, 0.15) is 5.70 Å². The summed E-state index contributed by atoms with van der Waals surface area (Å²) >= 11 is 1.47. The number of imide groups is 1. The molecule has 2 heterocycles. The van der Waals surface area contributed by atoms with E-state index in [0.29, 0.717) is 23.7 Å². The van der Waals surface area contributed by atoms with E-state index in [2.05, 4.69) is 19.2 Å². The second-order valence-corrected chi connectivity index (χ2v) is 7.34. The lowest BCUT2D eigenvalue weighted by Gasteiger charge is -2.14. The Morgan fingerprint density at radius 2 is 1.80 bits per heavy atom. The van der Waals surface area contributed by atoms with E-state index < -0.39 is 0 Å². The van der Waals surface area contributed by atoms with Crippen molar-refractivity contribution in [1.29, 1.82) is 0 Å². The second kappa shape index (κ2) is 7.23. The van der Waals surface area contributed by atoms with E-state index in [0.717, 1.165) is 17.0 Å². The summed E-state index contributed by atoms with van der Waals surface area (Å²) < 4.78 is 0. The fraction of sp³-hybridized carbons (Fsp3) is 0.300. The molecule has 0 atom stereocenters. The van der Waals surface area contributed by atoms with E-state index in [4.69, 9.17) is 0 Å². The van der Waals surface area contributed by atoms with Gasteiger partial charge in [0.15, 0.2) is 0 Å². The zero-order valence-corrected chi connectivity index (χ0v) is 15.5. The molecule has 0 fully saturated rings. The zero-order chi connectivity index (χ0) is 18.0. The molecule has 25 heavy (non-hydrogen) atoms. The third-order valence-electron chi connectivity index (χ3n) is 4.23. The summed E-state index contributed by atoms with van der Waals surface area (Å²) in [6, 6.07) is 11.8. The normalized spacial score (nSPS) is 14.8. The van der Waals surface area contributed by atoms with Crippen LogP contribution in [0.2, 0.25) is 0 Å². The number of carbonyl (C=O) groups is 2. The number of nitrogens with zero attached hydrogens (tertiary/aromatic N) is 1. The molecule has 130 valence electrons. The van der Waals surface area contributed by atoms with Crippen molar-refractivity contribution in [2.75, 3.05) is 11.9 Å². The molecule has 0 bridgehead atoms. The minimum absolute atomic E-state index is 0.212. The number of benzene rings is 1. The molecule has 1 aromatic carbocycles. The first-order valence-corrected chi connectivity index (χ1v) is 9.42. The number of nitrogens with one attached hydrogen (secondary N) is 1. The zero-order valence-electron chi connectivity index (χ0n) is 14.7. The summed E-state index contributed by atoms with van der Waals surface area (Å²) in [6.07, 6.45) is 0.742. The highest BCUT2D eigenvalue weighted by atomic mass is 32.1. The van der Waals surface area contributed by atoms with Crippen LogP contribution in [0.3, 0.4) is 0 Å². The first-order chi connectivity index (χ1) is 12.0. The van der Waals surface area contributed by atoms with E-state index in [1.54, 1.807) is 0 Å². The third kappa shape index (κ3) is 3.37. The largest absolute Gasteiger partial charge is 0.350 e. The highest BCUT2D eigenvalue weighted by Crippen LogP contribution is 2.33. The lowest BCUT2D eigenvalue weighted by atomic mass is 10.0. The Hall–Kier alpha value is -2.40. The van der Waals surface area contributed by atoms with E-state index in [1.807, 2.05) is 48.7 Å². The van der Waals surface area contributed by atoms with Crippen LogP contribution in [-0.2, 0) is 9.59 Å². The Morgan fingerprint density at radius 3 is 2.36 bits per heavy atom. The van der Waals surface area contributed by atoms with E-state index in [9.17, 15) is 9.59 Å². The highest BCUT2D eigenvalue weighted by Gasteiger charge is 2.39. The third-order valence-corrected chi connectivity index (χ3v) is 5.12. The van der Waals surface area contributed by atoms with E-state index in [-0.39, 0.29) is 11.8 Å². The molecule has 2 aromatic rings. The van der Waals surface area contributed by atoms with Crippen LogP contribution in [0, 0.1) is 0 Å². The van der Waals surface area contributed by atoms with Crippen LogP contribution in [0.5, 0.6) is 0 Å². The first-order valence-electron chi connectivity index (χ1n) is 8.54. The van der Waals surface area contributed by atoms with Gasteiger partial charge in [0, 0.05) is 17.1 Å². The average molecular weight is 354 g/mol. The number of hydrogen-bond acceptors (Lipinski definition) is 4. The van der Waals surface area contributed by atoms with Gasteiger partial charge in [0.2, 0.25) is 0 Å². The Balaban J connectivity index is 1.97. The maximum absolute atomic E-state index is 12.8. The maximum atomic E-state index is 12.8. The van der Waals surface area contributed by atoms with Crippen molar-refractivity contribution in [3.05, 3.63) is 57.9 Å². The second-order valence-electron chi connectivity index (χ2n) is 6.39. The molecular formula is C20H22N2O2S. The van der Waals surface area contributed by atoms with Crippen molar-refractivity contribution in [3.63, 3.8) is 0 Å². The van der Waals surface area contributed by atoms with Crippen LogP contribution in [0.1, 0.15) is 43.6 Å². The number of hydrogen-bond donors (Lipinski definition) is 1. The molecule has 0 radical (unpaired) electrons. The Labute approximate surface area is 152 Å². The summed E-state index contributed by atoms with van der Waals surface area (Å²) in [4.78, 5) is 27.7. The SMILES string of the molecule is CCCN1C(=O)C(Nc2ccc(C(C)C)cc2)=C(c2cccs2)C1=O. The van der Waals surface area contributed by atoms with Crippen molar-refractivity contribution in [3.8, 4) is 0 Å². The minimum Gasteiger partial charge on any atom is -0.350 e. The molecule has 0 saturated heterocycles. The van der Waals surface area contributed by atoms with Crippen LogP contribution < -0.4 is 5.32 Å². The van der Waals surface area contributed by atoms with Crippen molar-refractivity contribution >= 4 is 34.4 Å². The van der Waals surface area contributed by atoms with Crippen molar-refractivity contribution in [1.82, 2.24) is 4.90 Å². The molecule has 0 saturated carbocycles. The van der Waals surface area contributed by atoms with Gasteiger partial charge in [-0.15, -0.1) is 11.3 Å². The summed E-state index contributed by atoms with van der Waals surface area (Å²) in [5.74, 6) is -0.0107. The summed E-state index contributed by atoms with van der Waals surface area (Å²) in [6.45, 7) is 6.68. The molecule has 2 amide bonds. The van der Waals surface area contributed by atoms with Crippen LogP contribution in [-0.4, -0.2) is 23.3 Å². The lowest BCUT2D eigenvalue weighted by molar-refractivity contribution is -0.136. The van der Waals surface area contributed by atoms with Gasteiger partial charge in [0.05, 0.1) is 5.57 Å². The van der Waals surface area contributed by atoms with E-state index >= 15 is 0 Å². The van der Waals surface area contributed by atoms with Crippen molar-refractivity contribution in [2.24, 2.45) is 0 Å². The molecule has 3 rings (SSSR count). The van der Waals surface area contributed by atoms with Crippen LogP contribution in [0.15, 0.2) is 47.5 Å². The standard InChI is InChI=1S/C20H22N2O2S/c1-4-11-22-19(23)17(16-6-5-12-25-16)18(20(22)24)21-15-9-7-14(8-10-15)13(2)3/h5-10,12-13,21H,4,11H2,1-3H3. The summed E-state index contributed by atoms with van der Waals surface area (Å²) in [5, 5.41) is 5.10. The predicted molar refractivity (Wildman–Crippen MR) is 102 cm³/mol.